The van der Waals surface area contributed by atoms with E-state index in [0.29, 0.717) is 28.7 Å². The minimum atomic E-state index is -2.70. The van der Waals surface area contributed by atoms with Crippen molar-refractivity contribution in [2.45, 2.75) is 24.5 Å². The zero-order valence-corrected chi connectivity index (χ0v) is 22.0. The molecule has 3 aliphatic carbocycles. The Labute approximate surface area is 228 Å². The largest absolute Gasteiger partial charge is 0.510 e. The van der Waals surface area contributed by atoms with Crippen molar-refractivity contribution < 1.29 is 44.3 Å². The van der Waals surface area contributed by atoms with E-state index < -0.39 is 58.0 Å². The number of aldehydes is 1. The molecule has 11 heteroatoms. The molecule has 6 N–H and O–H groups in total. The van der Waals surface area contributed by atoms with Crippen LogP contribution in [0.5, 0.6) is 11.5 Å². The highest BCUT2D eigenvalue weighted by atomic mass is 16.5. The van der Waals surface area contributed by atoms with Crippen molar-refractivity contribution in [3.05, 3.63) is 69.7 Å². The molecule has 2 aromatic carbocycles. The number of amides is 1. The van der Waals surface area contributed by atoms with Crippen molar-refractivity contribution in [2.24, 2.45) is 17.6 Å². The number of phenolic OH excluding ortho intramolecular Hbond substituents is 1. The maximum Gasteiger partial charge on any atom is 0.255 e. The average molecular weight is 549 g/mol. The minimum absolute atomic E-state index is 0.0247. The van der Waals surface area contributed by atoms with Gasteiger partial charge in [0.1, 0.15) is 28.6 Å². The van der Waals surface area contributed by atoms with Crippen LogP contribution in [0.4, 0.5) is 0 Å². The zero-order chi connectivity index (χ0) is 29.3. The number of nitrogens with zero attached hydrogens (tertiary/aromatic N) is 1. The van der Waals surface area contributed by atoms with Crippen molar-refractivity contribution in [1.82, 2.24) is 4.90 Å². The number of nitrogens with two attached hydrogens (primary N) is 1. The summed E-state index contributed by atoms with van der Waals surface area (Å²) in [5.74, 6) is -6.75. The van der Waals surface area contributed by atoms with Crippen LogP contribution < -0.4 is 10.5 Å². The minimum Gasteiger partial charge on any atom is -0.510 e. The van der Waals surface area contributed by atoms with E-state index in [4.69, 9.17) is 10.5 Å². The normalized spacial score (nSPS) is 25.9. The summed E-state index contributed by atoms with van der Waals surface area (Å²) in [6, 6.07) is 6.77. The molecule has 5 rings (SSSR count). The molecule has 3 aliphatic rings. The second-order valence-corrected chi connectivity index (χ2v) is 10.5. The molecular weight excluding hydrogens is 520 g/mol. The number of hydrogen-bond donors (Lipinski definition) is 5. The number of aliphatic hydroxyl groups is 3. The number of fused-ring (bicyclic) bond motifs is 3. The Hall–Kier alpha value is -4.48. The number of benzene rings is 2. The Balaban J connectivity index is 1.71. The molecule has 0 radical (unpaired) electrons. The van der Waals surface area contributed by atoms with Gasteiger partial charge in [-0.3, -0.25) is 24.1 Å². The second-order valence-electron chi connectivity index (χ2n) is 10.5. The first-order valence-electron chi connectivity index (χ1n) is 12.5. The van der Waals surface area contributed by atoms with Gasteiger partial charge in [0.15, 0.2) is 17.7 Å². The van der Waals surface area contributed by atoms with E-state index in [1.165, 1.54) is 18.1 Å². The molecule has 1 amide bonds. The van der Waals surface area contributed by atoms with Gasteiger partial charge in [0.2, 0.25) is 5.78 Å². The quantitative estimate of drug-likeness (QED) is 0.271. The lowest BCUT2D eigenvalue weighted by Gasteiger charge is -2.50. The first-order valence-corrected chi connectivity index (χ1v) is 12.5. The monoisotopic (exact) mass is 548 g/mol. The SMILES string of the molecule is COc1ccc(-c2ccc(O)c3c2C[C@H]2C[C@H]4C(N(C)C)C(O)=C(C(N)=O)C(=O)[C@@]4(O)C(O)=C2C3=O)cc1C=O. The fourth-order valence-electron chi connectivity index (χ4n) is 6.52. The summed E-state index contributed by atoms with van der Waals surface area (Å²) in [4.78, 5) is 52.5. The standard InChI is InChI=1S/C29H28N2O9/c1-31(2)23-17-10-13-9-16-15(12-4-7-19(40-3)14(8-12)11-32)5-6-18(33)21(16)24(34)20(13)26(36)29(17,39)27(37)22(25(23)35)28(30)38/h4-8,11,13,17,23,33,35-36,39H,9-10H2,1-3H3,(H2,30,38)/t13-,17-,23?,29-/m0/s1. The number of allylic oxidation sites excluding steroid dienone is 1. The summed E-state index contributed by atoms with van der Waals surface area (Å²) < 4.78 is 5.22. The molecule has 4 atom stereocenters. The fraction of sp³-hybridized carbons (Fsp3) is 0.310. The number of likely N-dealkylation sites (N-methyl/N-ethyl adjacent to an activating group) is 1. The number of carbonyl (C=O) groups is 4. The highest BCUT2D eigenvalue weighted by Crippen LogP contribution is 2.53. The van der Waals surface area contributed by atoms with E-state index in [0.717, 1.165) is 0 Å². The van der Waals surface area contributed by atoms with Gasteiger partial charge in [-0.25, -0.2) is 0 Å². The molecule has 0 fully saturated rings. The van der Waals surface area contributed by atoms with Gasteiger partial charge >= 0.3 is 0 Å². The number of methoxy groups -OCH3 is 1. The summed E-state index contributed by atoms with van der Waals surface area (Å²) in [5.41, 5.74) is 3.34. The predicted molar refractivity (Wildman–Crippen MR) is 141 cm³/mol. The molecule has 0 heterocycles. The van der Waals surface area contributed by atoms with Crippen LogP contribution in [0.3, 0.4) is 0 Å². The summed E-state index contributed by atoms with van der Waals surface area (Å²) in [5, 5.41) is 44.7. The molecule has 40 heavy (non-hydrogen) atoms. The molecule has 0 saturated carbocycles. The van der Waals surface area contributed by atoms with Gasteiger partial charge in [-0.05, 0) is 67.7 Å². The lowest BCUT2D eigenvalue weighted by Crippen LogP contribution is -2.63. The Morgan fingerprint density at radius 3 is 2.45 bits per heavy atom. The van der Waals surface area contributed by atoms with E-state index >= 15 is 0 Å². The summed E-state index contributed by atoms with van der Waals surface area (Å²) >= 11 is 0. The summed E-state index contributed by atoms with van der Waals surface area (Å²) in [6.07, 6.45) is 0.743. The highest BCUT2D eigenvalue weighted by Gasteiger charge is 2.63. The van der Waals surface area contributed by atoms with Gasteiger partial charge in [0.25, 0.3) is 5.91 Å². The molecular formula is C29H28N2O9. The Morgan fingerprint density at radius 1 is 1.15 bits per heavy atom. The third-order valence-electron chi connectivity index (χ3n) is 8.27. The van der Waals surface area contributed by atoms with Gasteiger partial charge in [-0.1, -0.05) is 12.1 Å². The Kier molecular flexibility index (Phi) is 6.31. The van der Waals surface area contributed by atoms with Crippen molar-refractivity contribution in [2.75, 3.05) is 21.2 Å². The number of ether oxygens (including phenoxy) is 1. The number of aliphatic hydroxyl groups excluding tert-OH is 2. The predicted octanol–water partition coefficient (Wildman–Crippen LogP) is 1.61. The van der Waals surface area contributed by atoms with E-state index in [1.807, 2.05) is 0 Å². The van der Waals surface area contributed by atoms with Crippen LogP contribution in [0.1, 0.15) is 32.7 Å². The number of phenols is 1. The molecule has 0 aliphatic heterocycles. The van der Waals surface area contributed by atoms with Gasteiger partial charge in [-0.2, -0.15) is 0 Å². The molecule has 0 saturated heterocycles. The molecule has 0 spiro atoms. The van der Waals surface area contributed by atoms with Crippen LogP contribution in [0.2, 0.25) is 0 Å². The van der Waals surface area contributed by atoms with E-state index in [9.17, 15) is 39.6 Å². The van der Waals surface area contributed by atoms with Crippen LogP contribution in [0.25, 0.3) is 11.1 Å². The van der Waals surface area contributed by atoms with Gasteiger partial charge in [0.05, 0.1) is 24.3 Å². The van der Waals surface area contributed by atoms with Crippen LogP contribution in [0, 0.1) is 11.8 Å². The van der Waals surface area contributed by atoms with Crippen LogP contribution >= 0.6 is 0 Å². The van der Waals surface area contributed by atoms with Crippen molar-refractivity contribution in [3.8, 4) is 22.6 Å². The Bertz CT molecular complexity index is 1570. The number of carbonyl (C=O) groups excluding carboxylic acids is 4. The van der Waals surface area contributed by atoms with Crippen LogP contribution in [-0.4, -0.2) is 81.9 Å². The van der Waals surface area contributed by atoms with Gasteiger partial charge in [-0.15, -0.1) is 0 Å². The molecule has 11 nitrogen and oxygen atoms in total. The van der Waals surface area contributed by atoms with Crippen LogP contribution in [0.15, 0.2) is 53.0 Å². The third kappa shape index (κ3) is 3.58. The van der Waals surface area contributed by atoms with Gasteiger partial charge in [0, 0.05) is 11.5 Å². The first kappa shape index (κ1) is 27.1. The Morgan fingerprint density at radius 2 is 1.85 bits per heavy atom. The van der Waals surface area contributed by atoms with Gasteiger partial charge < -0.3 is 30.9 Å². The number of ketones is 2. The van der Waals surface area contributed by atoms with E-state index in [-0.39, 0.29) is 35.3 Å². The lowest BCUT2D eigenvalue weighted by atomic mass is 9.58. The smallest absolute Gasteiger partial charge is 0.255 e. The van der Waals surface area contributed by atoms with Crippen molar-refractivity contribution >= 4 is 23.8 Å². The third-order valence-corrected chi connectivity index (χ3v) is 8.27. The number of Topliss-reactive ketones (excluding diaryl/α,β-unsaturated/α-hetero) is 2. The maximum absolute atomic E-state index is 13.9. The number of aromatic hydroxyl groups is 1. The molecule has 1 unspecified atom stereocenters. The molecule has 208 valence electrons. The topological polar surface area (TPSA) is 188 Å². The maximum atomic E-state index is 13.9. The lowest BCUT2D eigenvalue weighted by molar-refractivity contribution is -0.148. The molecule has 0 bridgehead atoms. The number of rotatable bonds is 5. The van der Waals surface area contributed by atoms with E-state index in [1.54, 1.807) is 38.4 Å². The molecule has 0 aromatic heterocycles. The first-order chi connectivity index (χ1) is 18.9. The fourth-order valence-corrected chi connectivity index (χ4v) is 6.52. The number of hydrogen-bond acceptors (Lipinski definition) is 10. The summed E-state index contributed by atoms with van der Waals surface area (Å²) in [7, 11) is 4.57. The second kappa shape index (κ2) is 9.32. The van der Waals surface area contributed by atoms with Crippen molar-refractivity contribution in [1.29, 1.82) is 0 Å². The van der Waals surface area contributed by atoms with E-state index in [2.05, 4.69) is 0 Å². The summed E-state index contributed by atoms with van der Waals surface area (Å²) in [6.45, 7) is 0. The molecule has 2 aromatic rings. The highest BCUT2D eigenvalue weighted by molar-refractivity contribution is 6.25. The average Bonchev–Trinajstić information content (AvgIpc) is 2.90. The van der Waals surface area contributed by atoms with Crippen LogP contribution in [-0.2, 0) is 16.0 Å². The number of primary amides is 1. The van der Waals surface area contributed by atoms with Crippen molar-refractivity contribution in [3.63, 3.8) is 0 Å². The zero-order valence-electron chi connectivity index (χ0n) is 22.0.